The standard InChI is InChI=1S/C15H22FNO/c1-18-15-8-7-12(11-14(15)16)9-10-17-13-5-3-2-4-6-13/h7-8,11,13,17H,2-6,9-10H2,1H3. The molecule has 100 valence electrons. The van der Waals surface area contributed by atoms with Gasteiger partial charge in [-0.25, -0.2) is 4.39 Å². The largest absolute Gasteiger partial charge is 0.494 e. The highest BCUT2D eigenvalue weighted by Gasteiger charge is 2.12. The molecule has 0 amide bonds. The molecule has 0 spiro atoms. The summed E-state index contributed by atoms with van der Waals surface area (Å²) in [4.78, 5) is 0. The minimum Gasteiger partial charge on any atom is -0.494 e. The van der Waals surface area contributed by atoms with Crippen molar-refractivity contribution in [2.75, 3.05) is 13.7 Å². The lowest BCUT2D eigenvalue weighted by atomic mass is 9.95. The smallest absolute Gasteiger partial charge is 0.165 e. The zero-order valence-electron chi connectivity index (χ0n) is 11.0. The highest BCUT2D eigenvalue weighted by atomic mass is 19.1. The van der Waals surface area contributed by atoms with E-state index in [1.807, 2.05) is 6.07 Å². The second kappa shape index (κ2) is 6.74. The molecule has 3 heteroatoms. The Bertz CT molecular complexity index is 375. The number of nitrogens with one attached hydrogen (secondary N) is 1. The second-order valence-electron chi connectivity index (χ2n) is 5.01. The van der Waals surface area contributed by atoms with E-state index in [0.29, 0.717) is 11.8 Å². The molecule has 1 aliphatic rings. The summed E-state index contributed by atoms with van der Waals surface area (Å²) in [6.07, 6.45) is 7.51. The van der Waals surface area contributed by atoms with Crippen LogP contribution in [0.4, 0.5) is 4.39 Å². The van der Waals surface area contributed by atoms with E-state index in [-0.39, 0.29) is 5.82 Å². The van der Waals surface area contributed by atoms with Gasteiger partial charge in [-0.15, -0.1) is 0 Å². The van der Waals surface area contributed by atoms with Gasteiger partial charge in [0.05, 0.1) is 7.11 Å². The molecule has 2 nitrogen and oxygen atoms in total. The van der Waals surface area contributed by atoms with Crippen molar-refractivity contribution in [1.29, 1.82) is 0 Å². The van der Waals surface area contributed by atoms with Gasteiger partial charge in [-0.2, -0.15) is 0 Å². The van der Waals surface area contributed by atoms with Crippen LogP contribution in [0.2, 0.25) is 0 Å². The van der Waals surface area contributed by atoms with Crippen LogP contribution in [0.5, 0.6) is 5.75 Å². The summed E-state index contributed by atoms with van der Waals surface area (Å²) < 4.78 is 18.4. The van der Waals surface area contributed by atoms with Crippen LogP contribution in [-0.4, -0.2) is 19.7 Å². The molecule has 1 saturated carbocycles. The molecule has 18 heavy (non-hydrogen) atoms. The van der Waals surface area contributed by atoms with Crippen molar-refractivity contribution >= 4 is 0 Å². The first-order valence-corrected chi connectivity index (χ1v) is 6.85. The van der Waals surface area contributed by atoms with E-state index in [1.54, 1.807) is 12.1 Å². The maximum atomic E-state index is 13.5. The molecule has 0 heterocycles. The van der Waals surface area contributed by atoms with E-state index in [9.17, 15) is 4.39 Å². The fourth-order valence-corrected chi connectivity index (χ4v) is 2.59. The Morgan fingerprint density at radius 2 is 2.06 bits per heavy atom. The summed E-state index contributed by atoms with van der Waals surface area (Å²) in [5.41, 5.74) is 1.02. The van der Waals surface area contributed by atoms with Gasteiger partial charge in [0.15, 0.2) is 11.6 Å². The molecule has 1 fully saturated rings. The Kier molecular flexibility index (Phi) is 5.00. The zero-order chi connectivity index (χ0) is 12.8. The quantitative estimate of drug-likeness (QED) is 0.867. The summed E-state index contributed by atoms with van der Waals surface area (Å²) in [6.45, 7) is 0.927. The van der Waals surface area contributed by atoms with Crippen molar-refractivity contribution in [3.8, 4) is 5.75 Å². The van der Waals surface area contributed by atoms with Crippen molar-refractivity contribution in [2.24, 2.45) is 0 Å². The van der Waals surface area contributed by atoms with Crippen LogP contribution in [0.25, 0.3) is 0 Å². The molecule has 1 aliphatic carbocycles. The lowest BCUT2D eigenvalue weighted by Gasteiger charge is -2.22. The summed E-state index contributed by atoms with van der Waals surface area (Å²) >= 11 is 0. The highest BCUT2D eigenvalue weighted by Crippen LogP contribution is 2.19. The maximum Gasteiger partial charge on any atom is 0.165 e. The topological polar surface area (TPSA) is 21.3 Å². The fourth-order valence-electron chi connectivity index (χ4n) is 2.59. The summed E-state index contributed by atoms with van der Waals surface area (Å²) in [6, 6.07) is 5.87. The first-order valence-electron chi connectivity index (χ1n) is 6.85. The molecule has 0 saturated heterocycles. The van der Waals surface area contributed by atoms with Crippen LogP contribution >= 0.6 is 0 Å². The number of halogens is 1. The summed E-state index contributed by atoms with van der Waals surface area (Å²) in [5, 5.41) is 3.56. The maximum absolute atomic E-state index is 13.5. The number of benzene rings is 1. The van der Waals surface area contributed by atoms with Crippen molar-refractivity contribution < 1.29 is 9.13 Å². The lowest BCUT2D eigenvalue weighted by molar-refractivity contribution is 0.375. The van der Waals surface area contributed by atoms with Gasteiger partial charge in [0, 0.05) is 6.04 Å². The van der Waals surface area contributed by atoms with Gasteiger partial charge in [-0.3, -0.25) is 0 Å². The molecule has 2 rings (SSSR count). The van der Waals surface area contributed by atoms with Gasteiger partial charge in [0.2, 0.25) is 0 Å². The van der Waals surface area contributed by atoms with Crippen LogP contribution in [0, 0.1) is 5.82 Å². The lowest BCUT2D eigenvalue weighted by Crippen LogP contribution is -2.32. The van der Waals surface area contributed by atoms with Gasteiger partial charge >= 0.3 is 0 Å². The SMILES string of the molecule is COc1ccc(CCNC2CCCCC2)cc1F. The van der Waals surface area contributed by atoms with E-state index < -0.39 is 0 Å². The molecule has 1 aromatic carbocycles. The van der Waals surface area contributed by atoms with Gasteiger partial charge in [-0.05, 0) is 43.5 Å². The molecule has 1 N–H and O–H groups in total. The normalized spacial score (nSPS) is 16.8. The van der Waals surface area contributed by atoms with Crippen LogP contribution in [0.3, 0.4) is 0 Å². The fraction of sp³-hybridized carbons (Fsp3) is 0.600. The van der Waals surface area contributed by atoms with Gasteiger partial charge in [0.1, 0.15) is 0 Å². The van der Waals surface area contributed by atoms with Crippen LogP contribution in [0.15, 0.2) is 18.2 Å². The number of ether oxygens (including phenoxy) is 1. The Morgan fingerprint density at radius 3 is 2.72 bits per heavy atom. The molecule has 1 aromatic rings. The number of rotatable bonds is 5. The molecule has 0 radical (unpaired) electrons. The van der Waals surface area contributed by atoms with E-state index in [2.05, 4.69) is 5.32 Å². The molecule has 0 aliphatic heterocycles. The third-order valence-electron chi connectivity index (χ3n) is 3.67. The first kappa shape index (κ1) is 13.3. The van der Waals surface area contributed by atoms with Crippen LogP contribution in [0.1, 0.15) is 37.7 Å². The monoisotopic (exact) mass is 251 g/mol. The molecule has 0 aromatic heterocycles. The van der Waals surface area contributed by atoms with Crippen LogP contribution < -0.4 is 10.1 Å². The molecular weight excluding hydrogens is 229 g/mol. The van der Waals surface area contributed by atoms with E-state index in [1.165, 1.54) is 39.2 Å². The van der Waals surface area contributed by atoms with Crippen LogP contribution in [-0.2, 0) is 6.42 Å². The third kappa shape index (κ3) is 3.70. The summed E-state index contributed by atoms with van der Waals surface area (Å²) in [5.74, 6) is 0.0478. The zero-order valence-corrected chi connectivity index (χ0v) is 11.0. The summed E-state index contributed by atoms with van der Waals surface area (Å²) in [7, 11) is 1.49. The van der Waals surface area contributed by atoms with E-state index in [4.69, 9.17) is 4.74 Å². The van der Waals surface area contributed by atoms with Gasteiger partial charge in [0.25, 0.3) is 0 Å². The predicted octanol–water partition coefficient (Wildman–Crippen LogP) is 3.30. The number of methoxy groups -OCH3 is 1. The van der Waals surface area contributed by atoms with E-state index in [0.717, 1.165) is 18.5 Å². The average molecular weight is 251 g/mol. The Morgan fingerprint density at radius 1 is 1.28 bits per heavy atom. The molecule has 0 unspecified atom stereocenters. The molecule has 0 atom stereocenters. The Hall–Kier alpha value is -1.09. The van der Waals surface area contributed by atoms with Crippen molar-refractivity contribution in [2.45, 2.75) is 44.6 Å². The molecule has 0 bridgehead atoms. The third-order valence-corrected chi connectivity index (χ3v) is 3.67. The van der Waals surface area contributed by atoms with Gasteiger partial charge in [-0.1, -0.05) is 25.3 Å². The van der Waals surface area contributed by atoms with Crippen molar-refractivity contribution in [1.82, 2.24) is 5.32 Å². The predicted molar refractivity (Wildman–Crippen MR) is 71.5 cm³/mol. The van der Waals surface area contributed by atoms with Crippen molar-refractivity contribution in [3.05, 3.63) is 29.6 Å². The van der Waals surface area contributed by atoms with Gasteiger partial charge < -0.3 is 10.1 Å². The highest BCUT2D eigenvalue weighted by molar-refractivity contribution is 5.29. The molecular formula is C15H22FNO. The minimum atomic E-state index is -0.271. The Labute approximate surface area is 109 Å². The average Bonchev–Trinajstić information content (AvgIpc) is 2.40. The second-order valence-corrected chi connectivity index (χ2v) is 5.01. The number of hydrogen-bond acceptors (Lipinski definition) is 2. The number of hydrogen-bond donors (Lipinski definition) is 1. The van der Waals surface area contributed by atoms with E-state index >= 15 is 0 Å². The Balaban J connectivity index is 1.77. The first-order chi connectivity index (χ1) is 8.79. The van der Waals surface area contributed by atoms with Crippen molar-refractivity contribution in [3.63, 3.8) is 0 Å². The minimum absolute atomic E-state index is 0.271.